The second-order valence-electron chi connectivity index (χ2n) is 6.11. The summed E-state index contributed by atoms with van der Waals surface area (Å²) in [6.07, 6.45) is 2.09. The average molecular weight is 275 g/mol. The molecule has 1 aliphatic heterocycles. The van der Waals surface area contributed by atoms with Crippen molar-refractivity contribution in [1.29, 1.82) is 0 Å². The summed E-state index contributed by atoms with van der Waals surface area (Å²) in [5, 5.41) is 0. The molecule has 0 amide bonds. The summed E-state index contributed by atoms with van der Waals surface area (Å²) in [6.45, 7) is 8.38. The molecule has 1 saturated heterocycles. The van der Waals surface area contributed by atoms with E-state index in [9.17, 15) is 4.79 Å². The molecular formula is C17H25NO2. The number of carbonyl (C=O) groups is 1. The van der Waals surface area contributed by atoms with Gasteiger partial charge in [0.2, 0.25) is 0 Å². The van der Waals surface area contributed by atoms with Gasteiger partial charge in [-0.15, -0.1) is 0 Å². The van der Waals surface area contributed by atoms with Crippen LogP contribution in [0.15, 0.2) is 18.2 Å². The molecule has 0 aromatic heterocycles. The highest BCUT2D eigenvalue weighted by atomic mass is 16.5. The second-order valence-corrected chi connectivity index (χ2v) is 6.11. The number of ether oxygens (including phenoxy) is 1. The predicted octanol–water partition coefficient (Wildman–Crippen LogP) is 3.33. The summed E-state index contributed by atoms with van der Waals surface area (Å²) in [5.74, 6) is 0.504. The van der Waals surface area contributed by atoms with Gasteiger partial charge in [-0.2, -0.15) is 0 Å². The van der Waals surface area contributed by atoms with Gasteiger partial charge < -0.3 is 9.64 Å². The number of nitrogens with zero attached hydrogens (tertiary/aromatic N) is 1. The molecular weight excluding hydrogens is 250 g/mol. The van der Waals surface area contributed by atoms with Crippen molar-refractivity contribution in [2.75, 3.05) is 25.1 Å². The first-order valence-electron chi connectivity index (χ1n) is 7.40. The monoisotopic (exact) mass is 275 g/mol. The summed E-state index contributed by atoms with van der Waals surface area (Å²) in [6, 6.07) is 6.70. The van der Waals surface area contributed by atoms with Gasteiger partial charge in [0.25, 0.3) is 0 Å². The van der Waals surface area contributed by atoms with E-state index in [0.29, 0.717) is 5.92 Å². The maximum Gasteiger partial charge on any atom is 0.308 e. The minimum absolute atomic E-state index is 0.00388. The van der Waals surface area contributed by atoms with Crippen molar-refractivity contribution in [3.8, 4) is 0 Å². The fraction of sp³-hybridized carbons (Fsp3) is 0.588. The Balaban J connectivity index is 1.96. The van der Waals surface area contributed by atoms with Crippen LogP contribution in [0, 0.1) is 25.7 Å². The number of carbonyl (C=O) groups excluding carboxylic acids is 1. The topological polar surface area (TPSA) is 29.5 Å². The molecule has 0 N–H and O–H groups in total. The van der Waals surface area contributed by atoms with E-state index in [4.69, 9.17) is 4.74 Å². The highest BCUT2D eigenvalue weighted by molar-refractivity contribution is 5.71. The van der Waals surface area contributed by atoms with Crippen molar-refractivity contribution in [3.63, 3.8) is 0 Å². The molecule has 1 heterocycles. The molecule has 3 heteroatoms. The Morgan fingerprint density at radius 2 is 2.00 bits per heavy atom. The lowest BCUT2D eigenvalue weighted by molar-refractivity contribution is -0.145. The molecule has 110 valence electrons. The van der Waals surface area contributed by atoms with E-state index in [2.05, 4.69) is 36.9 Å². The first-order valence-corrected chi connectivity index (χ1v) is 7.40. The summed E-state index contributed by atoms with van der Waals surface area (Å²) >= 11 is 0. The standard InChI is InChI=1S/C17H25NO2/c1-12-7-13(2)9-16(8-12)18-6-5-15(11-18)10-14(3)17(19)20-4/h7-9,14-15H,5-6,10-11H2,1-4H3. The van der Waals surface area contributed by atoms with Crippen LogP contribution in [0.3, 0.4) is 0 Å². The third-order valence-corrected chi connectivity index (χ3v) is 4.15. The number of aryl methyl sites for hydroxylation is 2. The molecule has 1 aromatic rings. The SMILES string of the molecule is COC(=O)C(C)CC1CCN(c2cc(C)cc(C)c2)C1. The highest BCUT2D eigenvalue weighted by Crippen LogP contribution is 2.29. The summed E-state index contributed by atoms with van der Waals surface area (Å²) in [4.78, 5) is 13.9. The molecule has 0 radical (unpaired) electrons. The molecule has 0 spiro atoms. The number of rotatable bonds is 4. The molecule has 20 heavy (non-hydrogen) atoms. The molecule has 1 aliphatic rings. The number of methoxy groups -OCH3 is 1. The van der Waals surface area contributed by atoms with E-state index in [1.54, 1.807) is 0 Å². The molecule has 2 unspecified atom stereocenters. The van der Waals surface area contributed by atoms with E-state index in [1.807, 2.05) is 6.92 Å². The van der Waals surface area contributed by atoms with Crippen LogP contribution in [-0.4, -0.2) is 26.2 Å². The van der Waals surface area contributed by atoms with Crippen molar-refractivity contribution in [3.05, 3.63) is 29.3 Å². The largest absolute Gasteiger partial charge is 0.469 e. The first kappa shape index (κ1) is 14.9. The molecule has 0 aliphatic carbocycles. The van der Waals surface area contributed by atoms with Gasteiger partial charge in [0.1, 0.15) is 0 Å². The van der Waals surface area contributed by atoms with Gasteiger partial charge in [-0.05, 0) is 55.9 Å². The number of hydrogen-bond acceptors (Lipinski definition) is 3. The van der Waals surface area contributed by atoms with Crippen LogP contribution in [0.5, 0.6) is 0 Å². The van der Waals surface area contributed by atoms with Crippen LogP contribution >= 0.6 is 0 Å². The van der Waals surface area contributed by atoms with E-state index >= 15 is 0 Å². The molecule has 1 aromatic carbocycles. The Hall–Kier alpha value is -1.51. The van der Waals surface area contributed by atoms with E-state index in [0.717, 1.165) is 25.9 Å². The summed E-state index contributed by atoms with van der Waals surface area (Å²) < 4.78 is 4.81. The van der Waals surface area contributed by atoms with Crippen LogP contribution < -0.4 is 4.90 Å². The first-order chi connectivity index (χ1) is 9.49. The van der Waals surface area contributed by atoms with Crippen molar-refractivity contribution in [2.45, 2.75) is 33.6 Å². The van der Waals surface area contributed by atoms with Gasteiger partial charge in [-0.3, -0.25) is 4.79 Å². The Bertz CT molecular complexity index is 464. The van der Waals surface area contributed by atoms with E-state index < -0.39 is 0 Å². The van der Waals surface area contributed by atoms with Gasteiger partial charge >= 0.3 is 5.97 Å². The minimum atomic E-state index is -0.0881. The summed E-state index contributed by atoms with van der Waals surface area (Å²) in [7, 11) is 1.47. The zero-order chi connectivity index (χ0) is 14.7. The van der Waals surface area contributed by atoms with E-state index in [1.165, 1.54) is 23.9 Å². The summed E-state index contributed by atoms with van der Waals surface area (Å²) in [5.41, 5.74) is 3.94. The maximum atomic E-state index is 11.5. The van der Waals surface area contributed by atoms with Crippen LogP contribution in [0.25, 0.3) is 0 Å². The predicted molar refractivity (Wildman–Crippen MR) is 82.0 cm³/mol. The highest BCUT2D eigenvalue weighted by Gasteiger charge is 2.26. The number of benzene rings is 1. The van der Waals surface area contributed by atoms with Gasteiger partial charge in [-0.1, -0.05) is 13.0 Å². The van der Waals surface area contributed by atoms with Gasteiger partial charge in [0, 0.05) is 18.8 Å². The fourth-order valence-electron chi connectivity index (χ4n) is 3.19. The lowest BCUT2D eigenvalue weighted by Crippen LogP contribution is -2.22. The van der Waals surface area contributed by atoms with Gasteiger partial charge in [0.05, 0.1) is 13.0 Å². The van der Waals surface area contributed by atoms with Crippen molar-refractivity contribution < 1.29 is 9.53 Å². The van der Waals surface area contributed by atoms with Crippen molar-refractivity contribution in [2.24, 2.45) is 11.8 Å². The molecule has 2 atom stereocenters. The normalized spacial score (nSPS) is 20.0. The number of anilines is 1. The lowest BCUT2D eigenvalue weighted by atomic mass is 9.95. The number of hydrogen-bond donors (Lipinski definition) is 0. The third kappa shape index (κ3) is 3.53. The van der Waals surface area contributed by atoms with Gasteiger partial charge in [0.15, 0.2) is 0 Å². The maximum absolute atomic E-state index is 11.5. The van der Waals surface area contributed by atoms with E-state index in [-0.39, 0.29) is 11.9 Å². The molecule has 1 fully saturated rings. The molecule has 0 bridgehead atoms. The van der Waals surface area contributed by atoms with Crippen molar-refractivity contribution in [1.82, 2.24) is 0 Å². The van der Waals surface area contributed by atoms with Crippen LogP contribution in [0.1, 0.15) is 30.9 Å². The Labute approximate surface area is 121 Å². The zero-order valence-corrected chi connectivity index (χ0v) is 13.0. The zero-order valence-electron chi connectivity index (χ0n) is 13.0. The second kappa shape index (κ2) is 6.29. The molecule has 0 saturated carbocycles. The third-order valence-electron chi connectivity index (χ3n) is 4.15. The Morgan fingerprint density at radius 3 is 2.60 bits per heavy atom. The van der Waals surface area contributed by atoms with Crippen LogP contribution in [0.2, 0.25) is 0 Å². The lowest BCUT2D eigenvalue weighted by Gasteiger charge is -2.20. The average Bonchev–Trinajstić information content (AvgIpc) is 2.85. The molecule has 3 nitrogen and oxygen atoms in total. The van der Waals surface area contributed by atoms with Crippen LogP contribution in [0.4, 0.5) is 5.69 Å². The number of esters is 1. The Kier molecular flexibility index (Phi) is 4.69. The quantitative estimate of drug-likeness (QED) is 0.789. The van der Waals surface area contributed by atoms with Gasteiger partial charge in [-0.25, -0.2) is 0 Å². The minimum Gasteiger partial charge on any atom is -0.469 e. The van der Waals surface area contributed by atoms with Crippen LogP contribution in [-0.2, 0) is 9.53 Å². The molecule has 2 rings (SSSR count). The smallest absolute Gasteiger partial charge is 0.308 e. The van der Waals surface area contributed by atoms with Crippen molar-refractivity contribution >= 4 is 11.7 Å². The fourth-order valence-corrected chi connectivity index (χ4v) is 3.19. The Morgan fingerprint density at radius 1 is 1.35 bits per heavy atom.